The van der Waals surface area contributed by atoms with Gasteiger partial charge in [-0.15, -0.1) is 25.2 Å². The number of ether oxygens (including phenoxy) is 1. The summed E-state index contributed by atoms with van der Waals surface area (Å²) in [6, 6.07) is 13.5. The van der Waals surface area contributed by atoms with Crippen molar-refractivity contribution in [2.45, 2.75) is 31.9 Å². The number of anilines is 1. The fraction of sp³-hybridized carbons (Fsp3) is 0.318. The van der Waals surface area contributed by atoms with E-state index in [9.17, 15) is 8.78 Å². The van der Waals surface area contributed by atoms with E-state index < -0.39 is 6.61 Å². The molecule has 1 fully saturated rings. The van der Waals surface area contributed by atoms with Gasteiger partial charge in [-0.3, -0.25) is 4.57 Å². The third kappa shape index (κ3) is 4.43. The first-order valence-electron chi connectivity index (χ1n) is 10.8. The maximum absolute atomic E-state index is 12.4. The number of benzene rings is 2. The number of halogens is 3. The maximum atomic E-state index is 12.4. The van der Waals surface area contributed by atoms with Gasteiger partial charge in [0.05, 0.1) is 11.7 Å². The van der Waals surface area contributed by atoms with Crippen LogP contribution in [0.25, 0.3) is 17.1 Å². The first-order chi connectivity index (χ1) is 16.5. The van der Waals surface area contributed by atoms with E-state index in [1.165, 1.54) is 16.9 Å². The molecule has 0 saturated carbocycles. The van der Waals surface area contributed by atoms with Crippen molar-refractivity contribution in [2.75, 3.05) is 11.4 Å². The smallest absolute Gasteiger partial charge is 0.387 e. The van der Waals surface area contributed by atoms with Crippen molar-refractivity contribution < 1.29 is 13.5 Å². The van der Waals surface area contributed by atoms with Crippen molar-refractivity contribution in [3.05, 3.63) is 59.4 Å². The molecule has 1 saturated heterocycles. The topological polar surface area (TPSA) is 86.8 Å². The van der Waals surface area contributed by atoms with E-state index in [4.69, 9.17) is 11.6 Å². The Kier molecular flexibility index (Phi) is 6.10. The fourth-order valence-corrected chi connectivity index (χ4v) is 4.30. The van der Waals surface area contributed by atoms with Crippen molar-refractivity contribution in [3.63, 3.8) is 0 Å². The summed E-state index contributed by atoms with van der Waals surface area (Å²) in [5.74, 6) is 1.97. The standard InChI is InChI=1S/C22H21ClF2N8O/c1-31-20(14-8-10-17(11-9-14)34-21(24)25)27-28-22(31)32-12-3-2-7-18(32)19-26-30-33(29-19)16-6-4-5-15(23)13-16/h4-6,8-11,13,18,21H,2-3,7,12H2,1H3/t18-/m1/s1. The van der Waals surface area contributed by atoms with E-state index >= 15 is 0 Å². The van der Waals surface area contributed by atoms with Gasteiger partial charge in [-0.05, 0) is 66.9 Å². The summed E-state index contributed by atoms with van der Waals surface area (Å²) >= 11 is 6.10. The highest BCUT2D eigenvalue weighted by Crippen LogP contribution is 2.34. The van der Waals surface area contributed by atoms with E-state index in [2.05, 4.69) is 35.2 Å². The first kappa shape index (κ1) is 22.2. The maximum Gasteiger partial charge on any atom is 0.387 e. The molecule has 1 aliphatic rings. The molecule has 9 nitrogen and oxygen atoms in total. The zero-order valence-electron chi connectivity index (χ0n) is 18.2. The largest absolute Gasteiger partial charge is 0.435 e. The minimum atomic E-state index is -2.87. The molecule has 34 heavy (non-hydrogen) atoms. The molecule has 3 heterocycles. The predicted molar refractivity (Wildman–Crippen MR) is 121 cm³/mol. The minimum Gasteiger partial charge on any atom is -0.435 e. The summed E-state index contributed by atoms with van der Waals surface area (Å²) in [5, 5.41) is 22.5. The van der Waals surface area contributed by atoms with Crippen LogP contribution in [0.4, 0.5) is 14.7 Å². The van der Waals surface area contributed by atoms with Gasteiger partial charge < -0.3 is 9.64 Å². The number of alkyl halides is 2. The Labute approximate surface area is 198 Å². The summed E-state index contributed by atoms with van der Waals surface area (Å²) < 4.78 is 31.2. The monoisotopic (exact) mass is 486 g/mol. The van der Waals surface area contributed by atoms with Crippen LogP contribution >= 0.6 is 11.6 Å². The van der Waals surface area contributed by atoms with Crippen molar-refractivity contribution in [3.8, 4) is 22.8 Å². The molecule has 0 unspecified atom stereocenters. The number of hydrogen-bond donors (Lipinski definition) is 0. The second-order valence-electron chi connectivity index (χ2n) is 7.91. The van der Waals surface area contributed by atoms with Crippen LogP contribution in [0.2, 0.25) is 5.02 Å². The molecule has 1 atom stereocenters. The van der Waals surface area contributed by atoms with Crippen LogP contribution in [0, 0.1) is 0 Å². The van der Waals surface area contributed by atoms with Crippen molar-refractivity contribution in [1.82, 2.24) is 35.0 Å². The molecule has 0 spiro atoms. The lowest BCUT2D eigenvalue weighted by atomic mass is 10.0. The number of hydrogen-bond acceptors (Lipinski definition) is 7. The number of tetrazole rings is 1. The molecular formula is C22H21ClF2N8O. The Morgan fingerprint density at radius 1 is 1.06 bits per heavy atom. The third-order valence-electron chi connectivity index (χ3n) is 5.72. The van der Waals surface area contributed by atoms with Gasteiger partial charge in [-0.2, -0.15) is 8.78 Å². The summed E-state index contributed by atoms with van der Waals surface area (Å²) in [4.78, 5) is 3.60. The predicted octanol–water partition coefficient (Wildman–Crippen LogP) is 4.44. The highest BCUT2D eigenvalue weighted by molar-refractivity contribution is 6.30. The zero-order valence-corrected chi connectivity index (χ0v) is 19.0. The van der Waals surface area contributed by atoms with Crippen LogP contribution in [0.1, 0.15) is 31.1 Å². The lowest BCUT2D eigenvalue weighted by molar-refractivity contribution is -0.0498. The molecule has 176 valence electrons. The van der Waals surface area contributed by atoms with Crippen LogP contribution in [-0.2, 0) is 7.05 Å². The van der Waals surface area contributed by atoms with E-state index in [1.54, 1.807) is 24.3 Å². The average Bonchev–Trinajstić information content (AvgIpc) is 3.47. The average molecular weight is 487 g/mol. The van der Waals surface area contributed by atoms with Gasteiger partial charge in [0.1, 0.15) is 5.75 Å². The number of rotatable bonds is 6. The number of nitrogens with zero attached hydrogens (tertiary/aromatic N) is 8. The van der Waals surface area contributed by atoms with E-state index in [1.807, 2.05) is 23.7 Å². The molecule has 0 bridgehead atoms. The molecule has 0 N–H and O–H groups in total. The van der Waals surface area contributed by atoms with Crippen molar-refractivity contribution >= 4 is 17.5 Å². The van der Waals surface area contributed by atoms with E-state index in [0.29, 0.717) is 22.6 Å². The molecule has 2 aromatic carbocycles. The SMILES string of the molecule is Cn1c(-c2ccc(OC(F)F)cc2)nnc1N1CCCC[C@@H]1c1nnn(-c2cccc(Cl)c2)n1. The summed E-state index contributed by atoms with van der Waals surface area (Å²) in [6.07, 6.45) is 2.88. The summed E-state index contributed by atoms with van der Waals surface area (Å²) in [5.41, 5.74) is 1.47. The molecule has 1 aliphatic heterocycles. The Hall–Kier alpha value is -3.60. The van der Waals surface area contributed by atoms with Crippen LogP contribution in [0.15, 0.2) is 48.5 Å². The molecule has 2 aromatic heterocycles. The van der Waals surface area contributed by atoms with E-state index in [-0.39, 0.29) is 11.8 Å². The molecule has 0 radical (unpaired) electrons. The highest BCUT2D eigenvalue weighted by atomic mass is 35.5. The normalized spacial score (nSPS) is 16.3. The highest BCUT2D eigenvalue weighted by Gasteiger charge is 2.31. The van der Waals surface area contributed by atoms with Crippen molar-refractivity contribution in [2.24, 2.45) is 7.05 Å². The molecule has 5 rings (SSSR count). The van der Waals surface area contributed by atoms with Gasteiger partial charge >= 0.3 is 6.61 Å². The van der Waals surface area contributed by atoms with Gasteiger partial charge in [-0.25, -0.2) is 0 Å². The van der Waals surface area contributed by atoms with Crippen LogP contribution in [0.5, 0.6) is 5.75 Å². The lowest BCUT2D eigenvalue weighted by Crippen LogP contribution is -2.36. The molecule has 12 heteroatoms. The molecule has 4 aromatic rings. The Balaban J connectivity index is 1.41. The second kappa shape index (κ2) is 9.34. The first-order valence-corrected chi connectivity index (χ1v) is 11.1. The Bertz CT molecular complexity index is 1280. The lowest BCUT2D eigenvalue weighted by Gasteiger charge is -2.34. The molecular weight excluding hydrogens is 466 g/mol. The van der Waals surface area contributed by atoms with Gasteiger partial charge in [-0.1, -0.05) is 17.7 Å². The minimum absolute atomic E-state index is 0.0890. The van der Waals surface area contributed by atoms with Gasteiger partial charge in [0, 0.05) is 24.2 Å². The van der Waals surface area contributed by atoms with E-state index in [0.717, 1.165) is 37.1 Å². The van der Waals surface area contributed by atoms with Gasteiger partial charge in [0.25, 0.3) is 0 Å². The Morgan fingerprint density at radius 3 is 2.65 bits per heavy atom. The van der Waals surface area contributed by atoms with Crippen molar-refractivity contribution in [1.29, 1.82) is 0 Å². The van der Waals surface area contributed by atoms with Crippen LogP contribution < -0.4 is 9.64 Å². The summed E-state index contributed by atoms with van der Waals surface area (Å²) in [6.45, 7) is -2.10. The van der Waals surface area contributed by atoms with Gasteiger partial charge in [0.15, 0.2) is 11.6 Å². The summed E-state index contributed by atoms with van der Waals surface area (Å²) in [7, 11) is 1.87. The number of aromatic nitrogens is 7. The second-order valence-corrected chi connectivity index (χ2v) is 8.34. The number of piperidine rings is 1. The molecule has 0 aliphatic carbocycles. The molecule has 0 amide bonds. The fourth-order valence-electron chi connectivity index (χ4n) is 4.12. The van der Waals surface area contributed by atoms with Crippen LogP contribution in [0.3, 0.4) is 0 Å². The van der Waals surface area contributed by atoms with Gasteiger partial charge in [0.2, 0.25) is 5.95 Å². The van der Waals surface area contributed by atoms with Crippen LogP contribution in [-0.4, -0.2) is 48.1 Å². The third-order valence-corrected chi connectivity index (χ3v) is 5.95. The zero-order chi connectivity index (χ0) is 23.7. The quantitative estimate of drug-likeness (QED) is 0.398. The Morgan fingerprint density at radius 2 is 1.88 bits per heavy atom.